The SMILES string of the molecule is CSc1ccccc1NS(=O)(=O)c1ccc(NC(=O)c2cccc(Cl)c2)c(F)c1. The van der Waals surface area contributed by atoms with Crippen LogP contribution in [-0.4, -0.2) is 20.6 Å². The maximum atomic E-state index is 14.5. The van der Waals surface area contributed by atoms with Crippen molar-refractivity contribution in [2.75, 3.05) is 16.3 Å². The Morgan fingerprint density at radius 2 is 1.76 bits per heavy atom. The highest BCUT2D eigenvalue weighted by atomic mass is 35.5. The molecule has 0 fully saturated rings. The zero-order chi connectivity index (χ0) is 21.0. The van der Waals surface area contributed by atoms with Crippen molar-refractivity contribution in [3.8, 4) is 0 Å². The van der Waals surface area contributed by atoms with E-state index < -0.39 is 21.7 Å². The zero-order valence-corrected chi connectivity index (χ0v) is 17.5. The number of benzene rings is 3. The second kappa shape index (κ2) is 8.86. The molecule has 0 aliphatic rings. The van der Waals surface area contributed by atoms with E-state index in [0.717, 1.165) is 11.0 Å². The first-order valence-corrected chi connectivity index (χ1v) is 11.4. The topological polar surface area (TPSA) is 75.3 Å². The summed E-state index contributed by atoms with van der Waals surface area (Å²) in [5.41, 5.74) is 0.515. The van der Waals surface area contributed by atoms with Crippen molar-refractivity contribution in [2.24, 2.45) is 0 Å². The van der Waals surface area contributed by atoms with Gasteiger partial charge in [-0.2, -0.15) is 0 Å². The Morgan fingerprint density at radius 3 is 2.45 bits per heavy atom. The van der Waals surface area contributed by atoms with Gasteiger partial charge in [0.25, 0.3) is 15.9 Å². The summed E-state index contributed by atoms with van der Waals surface area (Å²) in [4.78, 5) is 12.7. The first kappa shape index (κ1) is 21.2. The average Bonchev–Trinajstić information content (AvgIpc) is 2.69. The lowest BCUT2D eigenvalue weighted by atomic mass is 10.2. The van der Waals surface area contributed by atoms with Gasteiger partial charge in [0, 0.05) is 15.5 Å². The van der Waals surface area contributed by atoms with Crippen LogP contribution in [0.4, 0.5) is 15.8 Å². The molecular formula is C20H16ClFN2O3S2. The summed E-state index contributed by atoms with van der Waals surface area (Å²) in [6, 6.07) is 16.4. The molecule has 0 saturated carbocycles. The number of hydrogen-bond acceptors (Lipinski definition) is 4. The van der Waals surface area contributed by atoms with E-state index in [-0.39, 0.29) is 16.1 Å². The molecule has 0 saturated heterocycles. The monoisotopic (exact) mass is 450 g/mol. The van der Waals surface area contributed by atoms with E-state index in [1.807, 2.05) is 6.26 Å². The Labute approximate surface area is 177 Å². The summed E-state index contributed by atoms with van der Waals surface area (Å²) in [6.07, 6.45) is 1.82. The highest BCUT2D eigenvalue weighted by molar-refractivity contribution is 7.99. The Bertz CT molecular complexity index is 1170. The van der Waals surface area contributed by atoms with Gasteiger partial charge in [-0.15, -0.1) is 11.8 Å². The molecule has 0 atom stereocenters. The molecule has 1 amide bonds. The van der Waals surface area contributed by atoms with Crippen molar-refractivity contribution < 1.29 is 17.6 Å². The number of para-hydroxylation sites is 1. The minimum Gasteiger partial charge on any atom is -0.319 e. The molecule has 0 heterocycles. The van der Waals surface area contributed by atoms with Crippen molar-refractivity contribution in [1.29, 1.82) is 0 Å². The third kappa shape index (κ3) is 5.09. The number of thioether (sulfide) groups is 1. The van der Waals surface area contributed by atoms with E-state index in [1.165, 1.54) is 36.0 Å². The largest absolute Gasteiger partial charge is 0.319 e. The van der Waals surface area contributed by atoms with Crippen molar-refractivity contribution in [2.45, 2.75) is 9.79 Å². The molecule has 0 aliphatic heterocycles. The number of anilines is 2. The summed E-state index contributed by atoms with van der Waals surface area (Å²) < 4.78 is 42.2. The van der Waals surface area contributed by atoms with E-state index in [1.54, 1.807) is 36.4 Å². The maximum Gasteiger partial charge on any atom is 0.262 e. The fraction of sp³-hybridized carbons (Fsp3) is 0.0500. The smallest absolute Gasteiger partial charge is 0.262 e. The second-order valence-electron chi connectivity index (χ2n) is 5.91. The Morgan fingerprint density at radius 1 is 1.00 bits per heavy atom. The molecule has 0 bridgehead atoms. The predicted octanol–water partition coefficient (Wildman–Crippen LogP) is 5.25. The standard InChI is InChI=1S/C20H16ClFN2O3S2/c1-28-19-8-3-2-7-18(19)24-29(26,27)15-9-10-17(16(22)12-15)23-20(25)13-5-4-6-14(21)11-13/h2-12,24H,1H3,(H,23,25). The van der Waals surface area contributed by atoms with Crippen LogP contribution in [0.3, 0.4) is 0 Å². The first-order chi connectivity index (χ1) is 13.8. The van der Waals surface area contributed by atoms with Crippen LogP contribution in [0.25, 0.3) is 0 Å². The molecule has 2 N–H and O–H groups in total. The van der Waals surface area contributed by atoms with Gasteiger partial charge in [-0.25, -0.2) is 12.8 Å². The van der Waals surface area contributed by atoms with Gasteiger partial charge in [-0.05, 0) is 54.8 Å². The van der Waals surface area contributed by atoms with Crippen LogP contribution in [0.1, 0.15) is 10.4 Å². The predicted molar refractivity (Wildman–Crippen MR) is 115 cm³/mol. The maximum absolute atomic E-state index is 14.5. The van der Waals surface area contributed by atoms with E-state index in [9.17, 15) is 17.6 Å². The molecule has 150 valence electrons. The van der Waals surface area contributed by atoms with Crippen LogP contribution in [0.2, 0.25) is 5.02 Å². The number of carbonyl (C=O) groups is 1. The molecule has 5 nitrogen and oxygen atoms in total. The number of rotatable bonds is 6. The van der Waals surface area contributed by atoms with Crippen molar-refractivity contribution >= 4 is 50.7 Å². The van der Waals surface area contributed by atoms with Crippen molar-refractivity contribution in [1.82, 2.24) is 0 Å². The van der Waals surface area contributed by atoms with E-state index in [2.05, 4.69) is 10.0 Å². The third-order valence-corrected chi connectivity index (χ3v) is 6.33. The lowest BCUT2D eigenvalue weighted by molar-refractivity contribution is 0.102. The summed E-state index contributed by atoms with van der Waals surface area (Å²) in [5.74, 6) is -1.43. The van der Waals surface area contributed by atoms with Crippen molar-refractivity contribution in [3.63, 3.8) is 0 Å². The second-order valence-corrected chi connectivity index (χ2v) is 8.88. The van der Waals surface area contributed by atoms with Crippen molar-refractivity contribution in [3.05, 3.63) is 83.1 Å². The van der Waals surface area contributed by atoms with Gasteiger partial charge in [-0.1, -0.05) is 29.8 Å². The first-order valence-electron chi connectivity index (χ1n) is 8.32. The van der Waals surface area contributed by atoms with Crippen LogP contribution < -0.4 is 10.0 Å². The fourth-order valence-corrected chi connectivity index (χ4v) is 4.42. The molecular weight excluding hydrogens is 435 g/mol. The minimum absolute atomic E-state index is 0.140. The van der Waals surface area contributed by atoms with Gasteiger partial charge in [0.05, 0.1) is 16.3 Å². The molecule has 3 aromatic rings. The Hall–Kier alpha value is -2.55. The number of sulfonamides is 1. The van der Waals surface area contributed by atoms with E-state index in [4.69, 9.17) is 11.6 Å². The lowest BCUT2D eigenvalue weighted by Crippen LogP contribution is -2.16. The number of amides is 1. The molecule has 29 heavy (non-hydrogen) atoms. The van der Waals surface area contributed by atoms with Gasteiger partial charge in [0.2, 0.25) is 0 Å². The van der Waals surface area contributed by atoms with Crippen LogP contribution in [0.15, 0.2) is 76.5 Å². The fourth-order valence-electron chi connectivity index (χ4n) is 2.52. The van der Waals surface area contributed by atoms with Crippen LogP contribution >= 0.6 is 23.4 Å². The molecule has 0 aromatic heterocycles. The Balaban J connectivity index is 1.82. The molecule has 9 heteroatoms. The lowest BCUT2D eigenvalue weighted by Gasteiger charge is -2.12. The molecule has 3 rings (SSSR count). The van der Waals surface area contributed by atoms with E-state index >= 15 is 0 Å². The molecule has 0 unspecified atom stereocenters. The molecule has 0 radical (unpaired) electrons. The van der Waals surface area contributed by atoms with Gasteiger partial charge < -0.3 is 5.32 Å². The summed E-state index contributed by atoms with van der Waals surface area (Å²) >= 11 is 7.24. The molecule has 0 spiro atoms. The minimum atomic E-state index is -4.00. The van der Waals surface area contributed by atoms with E-state index in [0.29, 0.717) is 10.7 Å². The highest BCUT2D eigenvalue weighted by Crippen LogP contribution is 2.28. The van der Waals surface area contributed by atoms with Crippen LogP contribution in [0, 0.1) is 5.82 Å². The van der Waals surface area contributed by atoms with Gasteiger partial charge in [0.1, 0.15) is 5.82 Å². The summed E-state index contributed by atoms with van der Waals surface area (Å²) in [6.45, 7) is 0. The zero-order valence-electron chi connectivity index (χ0n) is 15.1. The van der Waals surface area contributed by atoms with Gasteiger partial charge in [0.15, 0.2) is 0 Å². The number of carbonyl (C=O) groups excluding carboxylic acids is 1. The third-order valence-electron chi connectivity index (χ3n) is 3.94. The number of nitrogens with one attached hydrogen (secondary N) is 2. The Kier molecular flexibility index (Phi) is 6.46. The highest BCUT2D eigenvalue weighted by Gasteiger charge is 2.19. The summed E-state index contributed by atoms with van der Waals surface area (Å²) in [5, 5.41) is 2.78. The molecule has 3 aromatic carbocycles. The summed E-state index contributed by atoms with van der Waals surface area (Å²) in [7, 11) is -4.00. The molecule has 0 aliphatic carbocycles. The van der Waals surface area contributed by atoms with Crippen LogP contribution in [-0.2, 0) is 10.0 Å². The number of hydrogen-bond donors (Lipinski definition) is 2. The quantitative estimate of drug-likeness (QED) is 0.502. The van der Waals surface area contributed by atoms with Crippen LogP contribution in [0.5, 0.6) is 0 Å². The number of halogens is 2. The van der Waals surface area contributed by atoms with Gasteiger partial charge >= 0.3 is 0 Å². The average molecular weight is 451 g/mol. The van der Waals surface area contributed by atoms with Gasteiger partial charge in [-0.3, -0.25) is 9.52 Å². The normalized spacial score (nSPS) is 11.1.